The third kappa shape index (κ3) is 4.71. The van der Waals surface area contributed by atoms with Crippen LogP contribution < -0.4 is 23.7 Å². The molecule has 1 heterocycles. The van der Waals surface area contributed by atoms with Gasteiger partial charge < -0.3 is 28.8 Å². The number of rotatable bonds is 8. The fraction of sp³-hybridized carbons (Fsp3) is 0.212. The first-order valence-electron chi connectivity index (χ1n) is 13.2. The van der Waals surface area contributed by atoms with E-state index in [9.17, 15) is 14.7 Å². The summed E-state index contributed by atoms with van der Waals surface area (Å²) in [7, 11) is 3.06. The normalized spacial score (nSPS) is 20.5. The first kappa shape index (κ1) is 26.3. The molecule has 8 nitrogen and oxygen atoms in total. The van der Waals surface area contributed by atoms with Crippen molar-refractivity contribution in [1.82, 2.24) is 0 Å². The quantitative estimate of drug-likeness (QED) is 0.213. The fourth-order valence-electron chi connectivity index (χ4n) is 6.01. The Bertz CT molecular complexity index is 1560. The summed E-state index contributed by atoms with van der Waals surface area (Å²) >= 11 is 0. The van der Waals surface area contributed by atoms with Crippen LogP contribution in [0.5, 0.6) is 28.7 Å². The van der Waals surface area contributed by atoms with Crippen LogP contribution in [0.1, 0.15) is 23.0 Å². The Kier molecular flexibility index (Phi) is 6.97. The molecule has 208 valence electrons. The molecule has 1 aliphatic heterocycles. The van der Waals surface area contributed by atoms with Gasteiger partial charge in [0, 0.05) is 11.8 Å². The molecule has 2 unspecified atom stereocenters. The summed E-state index contributed by atoms with van der Waals surface area (Å²) in [6.45, 7) is 0.176. The van der Waals surface area contributed by atoms with Gasteiger partial charge in [0.05, 0.1) is 26.1 Å². The third-order valence-electron chi connectivity index (χ3n) is 7.86. The minimum atomic E-state index is -1.01. The number of esters is 1. The summed E-state index contributed by atoms with van der Waals surface area (Å²) in [5.41, 5.74) is 2.99. The van der Waals surface area contributed by atoms with Gasteiger partial charge in [0.2, 0.25) is 6.79 Å². The molecule has 1 aliphatic carbocycles. The second-order valence-electron chi connectivity index (χ2n) is 9.94. The maximum Gasteiger partial charge on any atom is 0.315 e. The standard InChI is InChI=1S/C33H28O8/c1-37-24-12-5-3-10-22(24)28-30(32(34)35)29(23-11-4-6-13-25(23)38-2)31(28)33(36)41-21-9-7-8-19(16-21)20-14-15-26-27(17-20)40-18-39-26/h3-17,28-31H,18H2,1-2H3,(H,34,35)/t28-,29?,30-,31?/m0/s1. The number of fused-ring (bicyclic) bond motifs is 1. The second-order valence-corrected chi connectivity index (χ2v) is 9.94. The van der Waals surface area contributed by atoms with Crippen LogP contribution in [-0.4, -0.2) is 38.1 Å². The fourth-order valence-corrected chi connectivity index (χ4v) is 6.01. The molecule has 0 amide bonds. The van der Waals surface area contributed by atoms with Gasteiger partial charge in [-0.2, -0.15) is 0 Å². The molecule has 2 aliphatic rings. The predicted molar refractivity (Wildman–Crippen MR) is 150 cm³/mol. The lowest BCUT2D eigenvalue weighted by atomic mass is 9.52. The van der Waals surface area contributed by atoms with Crippen molar-refractivity contribution in [2.75, 3.05) is 21.0 Å². The van der Waals surface area contributed by atoms with E-state index in [0.717, 1.165) is 11.1 Å². The van der Waals surface area contributed by atoms with Crippen LogP contribution in [0.2, 0.25) is 0 Å². The zero-order valence-electron chi connectivity index (χ0n) is 22.5. The van der Waals surface area contributed by atoms with E-state index in [-0.39, 0.29) is 6.79 Å². The molecule has 0 radical (unpaired) electrons. The van der Waals surface area contributed by atoms with E-state index in [0.29, 0.717) is 39.9 Å². The number of carbonyl (C=O) groups excluding carboxylic acids is 1. The number of carboxylic acids is 1. The molecule has 8 heteroatoms. The molecule has 4 aromatic carbocycles. The molecule has 6 rings (SSSR count). The van der Waals surface area contributed by atoms with Crippen molar-refractivity contribution in [3.63, 3.8) is 0 Å². The van der Waals surface area contributed by atoms with Gasteiger partial charge in [-0.1, -0.05) is 54.6 Å². The topological polar surface area (TPSA) is 101 Å². The van der Waals surface area contributed by atoms with Gasteiger partial charge in [-0.25, -0.2) is 0 Å². The Morgan fingerprint density at radius 1 is 0.707 bits per heavy atom. The van der Waals surface area contributed by atoms with Crippen molar-refractivity contribution in [2.24, 2.45) is 11.8 Å². The lowest BCUT2D eigenvalue weighted by molar-refractivity contribution is -0.158. The van der Waals surface area contributed by atoms with Crippen molar-refractivity contribution < 1.29 is 38.4 Å². The average molecular weight is 553 g/mol. The molecular formula is C33H28O8. The Balaban J connectivity index is 1.37. The summed E-state index contributed by atoms with van der Waals surface area (Å²) in [4.78, 5) is 26.7. The predicted octanol–water partition coefficient (Wildman–Crippen LogP) is 5.90. The van der Waals surface area contributed by atoms with Gasteiger partial charge in [-0.05, 0) is 58.7 Å². The van der Waals surface area contributed by atoms with E-state index < -0.39 is 35.6 Å². The lowest BCUT2D eigenvalue weighted by Gasteiger charge is -2.49. The number of carbonyl (C=O) groups is 2. The van der Waals surface area contributed by atoms with Crippen LogP contribution in [0, 0.1) is 11.8 Å². The number of hydrogen-bond donors (Lipinski definition) is 1. The monoisotopic (exact) mass is 552 g/mol. The number of para-hydroxylation sites is 2. The summed E-state index contributed by atoms with van der Waals surface area (Å²) in [6, 6.07) is 27.2. The minimum absolute atomic E-state index is 0.176. The van der Waals surface area contributed by atoms with Gasteiger partial charge in [0.25, 0.3) is 0 Å². The van der Waals surface area contributed by atoms with Gasteiger partial charge in [0.1, 0.15) is 17.2 Å². The van der Waals surface area contributed by atoms with Crippen LogP contribution in [0.4, 0.5) is 0 Å². The Hall–Kier alpha value is -4.98. The summed E-state index contributed by atoms with van der Waals surface area (Å²) in [6.07, 6.45) is 0. The van der Waals surface area contributed by atoms with E-state index in [2.05, 4.69) is 0 Å². The van der Waals surface area contributed by atoms with Crippen molar-refractivity contribution in [1.29, 1.82) is 0 Å². The Morgan fingerprint density at radius 3 is 1.95 bits per heavy atom. The highest BCUT2D eigenvalue weighted by Gasteiger charge is 2.60. The molecule has 0 saturated heterocycles. The highest BCUT2D eigenvalue weighted by atomic mass is 16.7. The number of methoxy groups -OCH3 is 2. The molecule has 0 spiro atoms. The number of carboxylic acid groups (broad SMARTS) is 1. The highest BCUT2D eigenvalue weighted by molar-refractivity contribution is 5.86. The van der Waals surface area contributed by atoms with E-state index in [1.807, 2.05) is 48.5 Å². The van der Waals surface area contributed by atoms with Gasteiger partial charge in [0.15, 0.2) is 11.5 Å². The van der Waals surface area contributed by atoms with Crippen molar-refractivity contribution in [2.45, 2.75) is 11.8 Å². The summed E-state index contributed by atoms with van der Waals surface area (Å²) in [5.74, 6) is -1.89. The number of benzene rings is 4. The Labute approximate surface area is 237 Å². The zero-order chi connectivity index (χ0) is 28.5. The molecule has 0 bridgehead atoms. The van der Waals surface area contributed by atoms with Gasteiger partial charge in [-0.15, -0.1) is 0 Å². The molecule has 41 heavy (non-hydrogen) atoms. The summed E-state index contributed by atoms with van der Waals surface area (Å²) < 4.78 is 28.0. The average Bonchev–Trinajstić information content (AvgIpc) is 3.45. The second kappa shape index (κ2) is 10.9. The molecule has 1 fully saturated rings. The first-order chi connectivity index (χ1) is 20.0. The SMILES string of the molecule is COc1ccccc1C1C(C(=O)Oc2cccc(-c3ccc4c(c3)OCO4)c2)[C@@H](c2ccccc2OC)[C@@H]1C(=O)O. The lowest BCUT2D eigenvalue weighted by Crippen LogP contribution is -2.52. The van der Waals surface area contributed by atoms with Crippen molar-refractivity contribution in [3.05, 3.63) is 102 Å². The highest BCUT2D eigenvalue weighted by Crippen LogP contribution is 2.60. The summed E-state index contributed by atoms with van der Waals surface area (Å²) in [5, 5.41) is 10.4. The van der Waals surface area contributed by atoms with E-state index in [1.54, 1.807) is 42.5 Å². The first-order valence-corrected chi connectivity index (χ1v) is 13.2. The molecule has 0 aromatic heterocycles. The van der Waals surface area contributed by atoms with Crippen LogP contribution in [-0.2, 0) is 9.59 Å². The van der Waals surface area contributed by atoms with Gasteiger partial charge >= 0.3 is 11.9 Å². The largest absolute Gasteiger partial charge is 0.496 e. The molecule has 1 N–H and O–H groups in total. The maximum absolute atomic E-state index is 14.0. The third-order valence-corrected chi connectivity index (χ3v) is 7.86. The van der Waals surface area contributed by atoms with Gasteiger partial charge in [-0.3, -0.25) is 9.59 Å². The van der Waals surface area contributed by atoms with Crippen LogP contribution >= 0.6 is 0 Å². The van der Waals surface area contributed by atoms with E-state index in [1.165, 1.54) is 14.2 Å². The van der Waals surface area contributed by atoms with Crippen molar-refractivity contribution in [3.8, 4) is 39.9 Å². The maximum atomic E-state index is 14.0. The number of ether oxygens (including phenoxy) is 5. The molecule has 4 aromatic rings. The van der Waals surface area contributed by atoms with Crippen LogP contribution in [0.25, 0.3) is 11.1 Å². The van der Waals surface area contributed by atoms with Crippen molar-refractivity contribution >= 4 is 11.9 Å². The van der Waals surface area contributed by atoms with E-state index >= 15 is 0 Å². The Morgan fingerprint density at radius 2 is 1.32 bits per heavy atom. The molecule has 4 atom stereocenters. The minimum Gasteiger partial charge on any atom is -0.496 e. The smallest absolute Gasteiger partial charge is 0.315 e. The molecule has 1 saturated carbocycles. The number of aliphatic carboxylic acids is 1. The van der Waals surface area contributed by atoms with Crippen LogP contribution in [0.3, 0.4) is 0 Å². The zero-order valence-corrected chi connectivity index (χ0v) is 22.5. The van der Waals surface area contributed by atoms with E-state index in [4.69, 9.17) is 23.7 Å². The molecular weight excluding hydrogens is 524 g/mol. The van der Waals surface area contributed by atoms with Crippen LogP contribution in [0.15, 0.2) is 91.0 Å². The number of hydrogen-bond acceptors (Lipinski definition) is 7.